The van der Waals surface area contributed by atoms with Gasteiger partial charge < -0.3 is 0 Å². The summed E-state index contributed by atoms with van der Waals surface area (Å²) in [5.74, 6) is -5.63. The molecule has 0 aromatic heterocycles. The number of hydrogen-bond donors (Lipinski definition) is 0. The third-order valence-electron chi connectivity index (χ3n) is 2.00. The highest BCUT2D eigenvalue weighted by atomic mass is 19.2. The molecule has 1 aromatic carbocycles. The topological polar surface area (TPSA) is 0 Å². The summed E-state index contributed by atoms with van der Waals surface area (Å²) >= 11 is 0. The molecule has 0 spiro atoms. The average Bonchev–Trinajstić information content (AvgIpc) is 2.24. The Balaban J connectivity index is 3.38. The van der Waals surface area contributed by atoms with Gasteiger partial charge in [0.05, 0.1) is 0 Å². The van der Waals surface area contributed by atoms with Crippen LogP contribution >= 0.6 is 0 Å². The Labute approximate surface area is 85.2 Å². The molecular weight excluding hydrogens is 208 g/mol. The fourth-order valence-electron chi connectivity index (χ4n) is 1.14. The maximum absolute atomic E-state index is 13.2. The van der Waals surface area contributed by atoms with Crippen LogP contribution < -0.4 is 0 Å². The van der Waals surface area contributed by atoms with Crippen LogP contribution in [0, 0.1) is 30.2 Å². The van der Waals surface area contributed by atoms with E-state index in [0.717, 1.165) is 0 Å². The van der Waals surface area contributed by atoms with Crippen LogP contribution in [0.2, 0.25) is 0 Å². The van der Waals surface area contributed by atoms with E-state index in [2.05, 4.69) is 6.92 Å². The van der Waals surface area contributed by atoms with Crippen molar-refractivity contribution in [2.75, 3.05) is 0 Å². The molecule has 81 valence electrons. The smallest absolute Gasteiger partial charge is 0.165 e. The van der Waals surface area contributed by atoms with E-state index in [-0.39, 0.29) is 6.42 Å². The zero-order valence-corrected chi connectivity index (χ0v) is 8.08. The first-order chi connectivity index (χ1) is 7.00. The number of rotatable bonds is 2. The van der Waals surface area contributed by atoms with Gasteiger partial charge in [0.25, 0.3) is 0 Å². The van der Waals surface area contributed by atoms with E-state index >= 15 is 0 Å². The third-order valence-corrected chi connectivity index (χ3v) is 2.00. The average molecular weight is 217 g/mol. The molecule has 0 bridgehead atoms. The van der Waals surface area contributed by atoms with Crippen molar-refractivity contribution in [2.24, 2.45) is 0 Å². The summed E-state index contributed by atoms with van der Waals surface area (Å²) in [6, 6.07) is 0. The van der Waals surface area contributed by atoms with Crippen LogP contribution in [-0.2, 0) is 6.42 Å². The van der Waals surface area contributed by atoms with Gasteiger partial charge in [0.15, 0.2) is 23.3 Å². The van der Waals surface area contributed by atoms with Gasteiger partial charge in [-0.25, -0.2) is 17.6 Å². The van der Waals surface area contributed by atoms with Crippen LogP contribution in [0.25, 0.3) is 0 Å². The van der Waals surface area contributed by atoms with Gasteiger partial charge >= 0.3 is 0 Å². The predicted octanol–water partition coefficient (Wildman–Crippen LogP) is 3.54. The number of allylic oxidation sites excluding steroid dienone is 2. The molecule has 0 nitrogen and oxygen atoms in total. The Morgan fingerprint density at radius 1 is 1.00 bits per heavy atom. The molecule has 1 aromatic rings. The summed E-state index contributed by atoms with van der Waals surface area (Å²) in [4.78, 5) is 0. The van der Waals surface area contributed by atoms with Crippen LogP contribution in [0.5, 0.6) is 0 Å². The summed E-state index contributed by atoms with van der Waals surface area (Å²) in [6.07, 6.45) is 2.75. The van der Waals surface area contributed by atoms with E-state index in [1.807, 2.05) is 0 Å². The first-order valence-corrected chi connectivity index (χ1v) is 4.28. The van der Waals surface area contributed by atoms with Crippen molar-refractivity contribution in [3.63, 3.8) is 0 Å². The predicted molar refractivity (Wildman–Crippen MR) is 49.3 cm³/mol. The lowest BCUT2D eigenvalue weighted by Crippen LogP contribution is -2.05. The Morgan fingerprint density at radius 3 is 1.87 bits per heavy atom. The highest BCUT2D eigenvalue weighted by molar-refractivity contribution is 5.32. The number of halogens is 4. The molecule has 0 unspecified atom stereocenters. The second-order valence-corrected chi connectivity index (χ2v) is 2.99. The van der Waals surface area contributed by atoms with E-state index in [4.69, 9.17) is 0 Å². The molecule has 1 radical (unpaired) electrons. The SMILES string of the molecule is [CH2]c1c(F)c(F)c(C/C=C\C)c(F)c1F. The van der Waals surface area contributed by atoms with Crippen molar-refractivity contribution in [3.05, 3.63) is 53.5 Å². The minimum atomic E-state index is -1.44. The lowest BCUT2D eigenvalue weighted by molar-refractivity contribution is 0.437. The van der Waals surface area contributed by atoms with Crippen molar-refractivity contribution in [2.45, 2.75) is 13.3 Å². The molecule has 0 saturated carbocycles. The highest BCUT2D eigenvalue weighted by Crippen LogP contribution is 2.23. The molecule has 0 aliphatic carbocycles. The second-order valence-electron chi connectivity index (χ2n) is 2.99. The van der Waals surface area contributed by atoms with E-state index in [1.165, 1.54) is 12.2 Å². The van der Waals surface area contributed by atoms with E-state index in [9.17, 15) is 17.6 Å². The normalized spacial score (nSPS) is 11.3. The van der Waals surface area contributed by atoms with Gasteiger partial charge in [-0.2, -0.15) is 0 Å². The molecule has 0 saturated heterocycles. The molecule has 1 rings (SSSR count). The van der Waals surface area contributed by atoms with E-state index in [1.54, 1.807) is 6.92 Å². The van der Waals surface area contributed by atoms with Gasteiger partial charge in [0.2, 0.25) is 0 Å². The summed E-state index contributed by atoms with van der Waals surface area (Å²) in [7, 11) is 0. The molecule has 0 atom stereocenters. The maximum Gasteiger partial charge on any atom is 0.165 e. The first-order valence-electron chi connectivity index (χ1n) is 4.28. The van der Waals surface area contributed by atoms with Gasteiger partial charge in [0.1, 0.15) is 0 Å². The molecule has 0 amide bonds. The van der Waals surface area contributed by atoms with Crippen molar-refractivity contribution in [1.29, 1.82) is 0 Å². The van der Waals surface area contributed by atoms with Gasteiger partial charge in [-0.1, -0.05) is 12.2 Å². The van der Waals surface area contributed by atoms with Gasteiger partial charge in [-0.15, -0.1) is 0 Å². The quantitative estimate of drug-likeness (QED) is 0.403. The second kappa shape index (κ2) is 4.47. The summed E-state index contributed by atoms with van der Waals surface area (Å²) in [5, 5.41) is 0. The van der Waals surface area contributed by atoms with Crippen molar-refractivity contribution in [3.8, 4) is 0 Å². The molecule has 0 fully saturated rings. The minimum absolute atomic E-state index is 0.192. The Bertz CT molecular complexity index is 379. The van der Waals surface area contributed by atoms with E-state index < -0.39 is 34.4 Å². The van der Waals surface area contributed by atoms with E-state index in [0.29, 0.717) is 0 Å². The standard InChI is InChI=1S/C11H9F4/c1-3-4-5-7-10(14)8(12)6(2)9(13)11(7)15/h3-4H,2,5H2,1H3/b4-3-. The van der Waals surface area contributed by atoms with Crippen molar-refractivity contribution >= 4 is 0 Å². The van der Waals surface area contributed by atoms with Crippen LogP contribution in [0.1, 0.15) is 18.1 Å². The van der Waals surface area contributed by atoms with Crippen LogP contribution in [0.3, 0.4) is 0 Å². The van der Waals surface area contributed by atoms with Gasteiger partial charge in [-0.05, 0) is 20.3 Å². The Morgan fingerprint density at radius 2 is 1.47 bits per heavy atom. The zero-order valence-electron chi connectivity index (χ0n) is 8.08. The monoisotopic (exact) mass is 217 g/mol. The maximum atomic E-state index is 13.2. The lowest BCUT2D eigenvalue weighted by Gasteiger charge is -2.07. The van der Waals surface area contributed by atoms with Crippen molar-refractivity contribution < 1.29 is 17.6 Å². The largest absolute Gasteiger partial charge is 0.203 e. The molecule has 0 aliphatic heterocycles. The fourth-order valence-corrected chi connectivity index (χ4v) is 1.14. The molecule has 4 heteroatoms. The van der Waals surface area contributed by atoms with Crippen LogP contribution in [0.15, 0.2) is 12.2 Å². The number of benzene rings is 1. The number of hydrogen-bond acceptors (Lipinski definition) is 0. The fraction of sp³-hybridized carbons (Fsp3) is 0.182. The molecular formula is C11H9F4. The van der Waals surface area contributed by atoms with Crippen LogP contribution in [0.4, 0.5) is 17.6 Å². The Hall–Kier alpha value is -1.32. The van der Waals surface area contributed by atoms with Gasteiger partial charge in [-0.3, -0.25) is 0 Å². The van der Waals surface area contributed by atoms with Crippen LogP contribution in [-0.4, -0.2) is 0 Å². The molecule has 0 aliphatic rings. The summed E-state index contributed by atoms with van der Waals surface area (Å²) in [6.45, 7) is 4.55. The van der Waals surface area contributed by atoms with Crippen molar-refractivity contribution in [1.82, 2.24) is 0 Å². The highest BCUT2D eigenvalue weighted by Gasteiger charge is 2.21. The third kappa shape index (κ3) is 2.03. The zero-order chi connectivity index (χ0) is 11.6. The first kappa shape index (κ1) is 11.8. The lowest BCUT2D eigenvalue weighted by atomic mass is 10.1. The molecule has 0 heterocycles. The summed E-state index contributed by atoms with van der Waals surface area (Å²) in [5.41, 5.74) is -1.50. The molecule has 0 N–H and O–H groups in total. The van der Waals surface area contributed by atoms with Gasteiger partial charge in [0, 0.05) is 11.1 Å². The summed E-state index contributed by atoms with van der Waals surface area (Å²) < 4.78 is 52.3. The minimum Gasteiger partial charge on any atom is -0.203 e. The molecule has 15 heavy (non-hydrogen) atoms. The Kier molecular flexibility index (Phi) is 3.50.